The van der Waals surface area contributed by atoms with Crippen molar-refractivity contribution >= 4 is 11.9 Å². The lowest BCUT2D eigenvalue weighted by Crippen LogP contribution is -2.26. The van der Waals surface area contributed by atoms with E-state index in [4.69, 9.17) is 11.5 Å². The Labute approximate surface area is 130 Å². The number of aryl methyl sites for hydroxylation is 2. The maximum Gasteiger partial charge on any atom is 0.256 e. The number of aliphatic imine (C=N–C) groups is 1. The van der Waals surface area contributed by atoms with Crippen LogP contribution in [0.5, 0.6) is 0 Å². The summed E-state index contributed by atoms with van der Waals surface area (Å²) in [5.74, 6) is -0.902. The quantitative estimate of drug-likeness (QED) is 0.671. The number of hydrogen-bond acceptors (Lipinski definition) is 1. The molecule has 0 saturated heterocycles. The fourth-order valence-corrected chi connectivity index (χ4v) is 2.31. The molecule has 0 unspecified atom stereocenters. The van der Waals surface area contributed by atoms with Gasteiger partial charge in [0.1, 0.15) is 0 Å². The van der Waals surface area contributed by atoms with Gasteiger partial charge in [-0.15, -0.1) is 0 Å². The van der Waals surface area contributed by atoms with Gasteiger partial charge in [0, 0.05) is 0 Å². The molecular formula is C18H21N3O. The van der Waals surface area contributed by atoms with Crippen molar-refractivity contribution in [3.63, 3.8) is 0 Å². The molecule has 0 fully saturated rings. The van der Waals surface area contributed by atoms with E-state index in [1.165, 1.54) is 5.56 Å². The van der Waals surface area contributed by atoms with Crippen molar-refractivity contribution in [1.29, 1.82) is 0 Å². The molecule has 0 aromatic heterocycles. The van der Waals surface area contributed by atoms with Crippen molar-refractivity contribution in [2.75, 3.05) is 0 Å². The molecule has 2 aromatic rings. The highest BCUT2D eigenvalue weighted by Crippen LogP contribution is 2.23. The first-order chi connectivity index (χ1) is 10.5. The Bertz CT molecular complexity index is 668. The highest BCUT2D eigenvalue weighted by molar-refractivity contribution is 5.95. The third-order valence-electron chi connectivity index (χ3n) is 3.58. The number of benzene rings is 2. The van der Waals surface area contributed by atoms with E-state index in [0.29, 0.717) is 6.42 Å². The van der Waals surface area contributed by atoms with E-state index in [0.717, 1.165) is 16.7 Å². The molecule has 0 radical (unpaired) electrons. The monoisotopic (exact) mass is 295 g/mol. The highest BCUT2D eigenvalue weighted by atomic mass is 16.1. The first kappa shape index (κ1) is 15.8. The molecule has 0 spiro atoms. The molecule has 0 aliphatic heterocycles. The van der Waals surface area contributed by atoms with Crippen LogP contribution in [-0.2, 0) is 11.2 Å². The molecule has 4 heteroatoms. The van der Waals surface area contributed by atoms with Crippen molar-refractivity contribution in [3.05, 3.63) is 70.8 Å². The molecule has 1 atom stereocenters. The van der Waals surface area contributed by atoms with Gasteiger partial charge in [-0.25, -0.2) is 0 Å². The summed E-state index contributed by atoms with van der Waals surface area (Å²) < 4.78 is 0. The number of rotatable bonds is 4. The zero-order chi connectivity index (χ0) is 16.1. The number of guanidine groups is 1. The molecule has 2 aromatic carbocycles. The molecule has 0 aliphatic rings. The smallest absolute Gasteiger partial charge is 0.256 e. The summed E-state index contributed by atoms with van der Waals surface area (Å²) in [4.78, 5) is 16.1. The van der Waals surface area contributed by atoms with E-state index in [1.54, 1.807) is 0 Å². The van der Waals surface area contributed by atoms with Gasteiger partial charge in [-0.2, -0.15) is 4.99 Å². The Hall–Kier alpha value is -2.62. The van der Waals surface area contributed by atoms with Crippen molar-refractivity contribution in [1.82, 2.24) is 0 Å². The van der Waals surface area contributed by atoms with Crippen LogP contribution < -0.4 is 11.5 Å². The number of carbonyl (C=O) groups is 1. The van der Waals surface area contributed by atoms with Crippen LogP contribution in [0.4, 0.5) is 0 Å². The van der Waals surface area contributed by atoms with Crippen LogP contribution in [0.2, 0.25) is 0 Å². The van der Waals surface area contributed by atoms with E-state index in [-0.39, 0.29) is 17.8 Å². The maximum absolute atomic E-state index is 12.4. The van der Waals surface area contributed by atoms with Gasteiger partial charge >= 0.3 is 0 Å². The Kier molecular flexibility index (Phi) is 4.94. The van der Waals surface area contributed by atoms with Gasteiger partial charge in [-0.1, -0.05) is 59.7 Å². The number of hydrogen-bond donors (Lipinski definition) is 2. The van der Waals surface area contributed by atoms with Crippen LogP contribution in [0.25, 0.3) is 0 Å². The molecular weight excluding hydrogens is 274 g/mol. The normalized spacial score (nSPS) is 11.7. The fraction of sp³-hybridized carbons (Fsp3) is 0.222. The largest absolute Gasteiger partial charge is 0.370 e. The van der Waals surface area contributed by atoms with Gasteiger partial charge in [-0.3, -0.25) is 4.79 Å². The number of nitrogens with two attached hydrogens (primary N) is 2. The van der Waals surface area contributed by atoms with Crippen LogP contribution in [-0.4, -0.2) is 11.9 Å². The molecule has 0 saturated carbocycles. The molecule has 0 aliphatic carbocycles. The zero-order valence-corrected chi connectivity index (χ0v) is 12.9. The highest BCUT2D eigenvalue weighted by Gasteiger charge is 2.21. The third-order valence-corrected chi connectivity index (χ3v) is 3.58. The predicted molar refractivity (Wildman–Crippen MR) is 89.6 cm³/mol. The molecule has 4 nitrogen and oxygen atoms in total. The second-order valence-corrected chi connectivity index (χ2v) is 5.53. The maximum atomic E-state index is 12.4. The first-order valence-electron chi connectivity index (χ1n) is 7.21. The number of carbonyl (C=O) groups excluding carboxylic acids is 1. The average Bonchev–Trinajstić information content (AvgIpc) is 2.47. The lowest BCUT2D eigenvalue weighted by molar-refractivity contribution is -0.119. The summed E-state index contributed by atoms with van der Waals surface area (Å²) >= 11 is 0. The second-order valence-electron chi connectivity index (χ2n) is 5.53. The fourth-order valence-electron chi connectivity index (χ4n) is 2.31. The van der Waals surface area contributed by atoms with Gasteiger partial charge in [0.05, 0.1) is 5.92 Å². The van der Waals surface area contributed by atoms with Crippen molar-refractivity contribution in [2.45, 2.75) is 26.2 Å². The van der Waals surface area contributed by atoms with E-state index >= 15 is 0 Å². The zero-order valence-electron chi connectivity index (χ0n) is 12.9. The molecule has 114 valence electrons. The van der Waals surface area contributed by atoms with Crippen molar-refractivity contribution in [3.8, 4) is 0 Å². The lowest BCUT2D eigenvalue weighted by atomic mass is 9.90. The Morgan fingerprint density at radius 1 is 0.955 bits per heavy atom. The van der Waals surface area contributed by atoms with E-state index in [9.17, 15) is 4.79 Å². The average molecular weight is 295 g/mol. The second kappa shape index (κ2) is 6.89. The first-order valence-corrected chi connectivity index (χ1v) is 7.21. The SMILES string of the molecule is Cc1ccc(C[C@@H](C(=O)N=C(N)N)c2ccc(C)cc2)cc1. The molecule has 1 amide bonds. The number of amides is 1. The van der Waals surface area contributed by atoms with Crippen LogP contribution >= 0.6 is 0 Å². The van der Waals surface area contributed by atoms with Gasteiger partial charge < -0.3 is 11.5 Å². The van der Waals surface area contributed by atoms with Crippen molar-refractivity contribution < 1.29 is 4.79 Å². The van der Waals surface area contributed by atoms with Gasteiger partial charge in [-0.05, 0) is 31.4 Å². The number of nitrogens with zero attached hydrogens (tertiary/aromatic N) is 1. The van der Waals surface area contributed by atoms with Crippen molar-refractivity contribution in [2.24, 2.45) is 16.5 Å². The molecule has 2 rings (SSSR count). The van der Waals surface area contributed by atoms with E-state index in [2.05, 4.69) is 4.99 Å². The third kappa shape index (κ3) is 4.19. The van der Waals surface area contributed by atoms with Crippen LogP contribution in [0.3, 0.4) is 0 Å². The summed E-state index contributed by atoms with van der Waals surface area (Å²) in [6.07, 6.45) is 0.568. The van der Waals surface area contributed by atoms with E-state index < -0.39 is 0 Å². The molecule has 0 heterocycles. The topological polar surface area (TPSA) is 81.5 Å². The minimum Gasteiger partial charge on any atom is -0.370 e. The van der Waals surface area contributed by atoms with Gasteiger partial charge in [0.2, 0.25) is 0 Å². The predicted octanol–water partition coefficient (Wildman–Crippen LogP) is 2.43. The standard InChI is InChI=1S/C18H21N3O/c1-12-3-7-14(8-4-12)11-16(17(22)21-18(19)20)15-9-5-13(2)6-10-15/h3-10,16H,11H2,1-2H3,(H4,19,20,21,22)/t16-/m1/s1. The molecule has 0 bridgehead atoms. The Morgan fingerprint density at radius 3 is 1.95 bits per heavy atom. The summed E-state index contributed by atoms with van der Waals surface area (Å²) in [7, 11) is 0. The van der Waals surface area contributed by atoms with Crippen LogP contribution in [0, 0.1) is 13.8 Å². The summed E-state index contributed by atoms with van der Waals surface area (Å²) in [6, 6.07) is 16.0. The van der Waals surface area contributed by atoms with Gasteiger partial charge in [0.15, 0.2) is 5.96 Å². The minimum atomic E-state index is -0.384. The Balaban J connectivity index is 2.32. The van der Waals surface area contributed by atoms with Crippen LogP contribution in [0.1, 0.15) is 28.2 Å². The summed E-state index contributed by atoms with van der Waals surface area (Å²) in [5.41, 5.74) is 15.0. The van der Waals surface area contributed by atoms with Gasteiger partial charge in [0.25, 0.3) is 5.91 Å². The molecule has 4 N–H and O–H groups in total. The Morgan fingerprint density at radius 2 is 1.45 bits per heavy atom. The van der Waals surface area contributed by atoms with Crippen LogP contribution in [0.15, 0.2) is 53.5 Å². The minimum absolute atomic E-state index is 0.203. The van der Waals surface area contributed by atoms with E-state index in [1.807, 2.05) is 62.4 Å². The summed E-state index contributed by atoms with van der Waals surface area (Å²) in [5, 5.41) is 0. The lowest BCUT2D eigenvalue weighted by Gasteiger charge is -2.15. The molecule has 22 heavy (non-hydrogen) atoms. The summed E-state index contributed by atoms with van der Waals surface area (Å²) in [6.45, 7) is 4.04.